The van der Waals surface area contributed by atoms with Crippen LogP contribution in [0.1, 0.15) is 127 Å². The fraction of sp³-hybridized carbons (Fsp3) is 0.935. The van der Waals surface area contributed by atoms with Gasteiger partial charge in [0.2, 0.25) is 0 Å². The van der Waals surface area contributed by atoms with Crippen LogP contribution in [0.3, 0.4) is 0 Å². The van der Waals surface area contributed by atoms with Crippen LogP contribution in [-0.2, 0) is 47.4 Å². The number of ether oxygens (including phenoxy) is 9. The molecule has 0 aromatic rings. The van der Waals surface area contributed by atoms with Crippen molar-refractivity contribution in [2.24, 2.45) is 17.8 Å². The number of methoxy groups -OCH3 is 1. The minimum Gasteiger partial charge on any atom is -0.458 e. The number of hydrogen-bond acceptors (Lipinski definition) is 16. The summed E-state index contributed by atoms with van der Waals surface area (Å²) >= 11 is 0. The van der Waals surface area contributed by atoms with Crippen molar-refractivity contribution in [1.82, 2.24) is 15.1 Å². The first-order valence-electron chi connectivity index (χ1n) is 23.5. The number of nitrogens with one attached hydrogen (secondary N) is 1. The molecule has 3 N–H and O–H groups in total. The number of alkyl carbamates (subject to hydrolysis) is 1. The molecule has 63 heavy (non-hydrogen) atoms. The molecule has 0 bridgehead atoms. The lowest BCUT2D eigenvalue weighted by Gasteiger charge is -2.49. The Bertz CT molecular complexity index is 1530. The number of amides is 1. The van der Waals surface area contributed by atoms with Crippen LogP contribution >= 0.6 is 0 Å². The van der Waals surface area contributed by atoms with E-state index >= 15 is 0 Å². The molecular weight excluding hydrogens is 819 g/mol. The monoisotopic (exact) mass is 900 g/mol. The Morgan fingerprint density at radius 3 is 2.24 bits per heavy atom. The van der Waals surface area contributed by atoms with Gasteiger partial charge in [0.15, 0.2) is 30.4 Å². The summed E-state index contributed by atoms with van der Waals surface area (Å²) < 4.78 is 56.7. The van der Waals surface area contributed by atoms with Gasteiger partial charge in [-0.15, -0.1) is 0 Å². The Labute approximate surface area is 375 Å². The molecule has 1 saturated carbocycles. The lowest BCUT2D eigenvalue weighted by Crippen LogP contribution is -2.61. The first-order chi connectivity index (χ1) is 29.4. The van der Waals surface area contributed by atoms with Gasteiger partial charge in [0.05, 0.1) is 35.9 Å². The average molecular weight is 900 g/mol. The number of fused-ring (bicyclic) bond motifs is 1. The van der Waals surface area contributed by atoms with Crippen molar-refractivity contribution in [1.29, 1.82) is 0 Å². The van der Waals surface area contributed by atoms with Gasteiger partial charge in [0, 0.05) is 44.1 Å². The predicted molar refractivity (Wildman–Crippen MR) is 232 cm³/mol. The van der Waals surface area contributed by atoms with E-state index in [-0.39, 0.29) is 43.0 Å². The minimum absolute atomic E-state index is 0.0450. The molecule has 4 heterocycles. The van der Waals surface area contributed by atoms with Crippen molar-refractivity contribution in [2.75, 3.05) is 34.8 Å². The first kappa shape index (κ1) is 51.6. The van der Waals surface area contributed by atoms with Crippen molar-refractivity contribution >= 4 is 18.2 Å². The van der Waals surface area contributed by atoms with Crippen LogP contribution in [0.15, 0.2) is 0 Å². The zero-order chi connectivity index (χ0) is 46.8. The summed E-state index contributed by atoms with van der Waals surface area (Å²) in [6, 6.07) is -0.611. The molecule has 4 aliphatic heterocycles. The molecule has 0 radical (unpaired) electrons. The number of likely N-dealkylation sites (N-methyl/N-ethyl adjacent to an activating group) is 2. The summed E-state index contributed by atoms with van der Waals surface area (Å²) in [5.74, 6) is -2.58. The van der Waals surface area contributed by atoms with E-state index in [4.69, 9.17) is 42.6 Å². The molecule has 5 fully saturated rings. The molecule has 0 aromatic carbocycles. The van der Waals surface area contributed by atoms with Crippen molar-refractivity contribution in [2.45, 2.75) is 223 Å². The third-order valence-electron chi connectivity index (χ3n) is 14.8. The van der Waals surface area contributed by atoms with Crippen molar-refractivity contribution in [3.63, 3.8) is 0 Å². The number of aliphatic hydroxyl groups is 2. The normalized spacial score (nSPS) is 45.3. The second kappa shape index (κ2) is 21.1. The van der Waals surface area contributed by atoms with Crippen molar-refractivity contribution in [3.8, 4) is 0 Å². The number of hydrogen-bond donors (Lipinski definition) is 3. The summed E-state index contributed by atoms with van der Waals surface area (Å²) in [5.41, 5.74) is -3.98. The third kappa shape index (κ3) is 11.8. The van der Waals surface area contributed by atoms with Crippen LogP contribution in [-0.4, -0.2) is 169 Å². The number of esters is 1. The zero-order valence-corrected chi connectivity index (χ0v) is 40.5. The second-order valence-corrected chi connectivity index (χ2v) is 20.4. The largest absolute Gasteiger partial charge is 0.509 e. The molecule has 18 atom stereocenters. The van der Waals surface area contributed by atoms with Gasteiger partial charge < -0.3 is 63.1 Å². The van der Waals surface area contributed by atoms with E-state index in [0.717, 1.165) is 32.1 Å². The van der Waals surface area contributed by atoms with Gasteiger partial charge in [0.25, 0.3) is 0 Å². The van der Waals surface area contributed by atoms with Gasteiger partial charge in [-0.2, -0.15) is 0 Å². The van der Waals surface area contributed by atoms with Gasteiger partial charge in [-0.05, 0) is 108 Å². The Morgan fingerprint density at radius 1 is 0.952 bits per heavy atom. The lowest BCUT2D eigenvalue weighted by atomic mass is 9.77. The van der Waals surface area contributed by atoms with E-state index in [2.05, 4.69) is 10.2 Å². The molecule has 4 saturated heterocycles. The van der Waals surface area contributed by atoms with Crippen LogP contribution in [0.25, 0.3) is 0 Å². The highest BCUT2D eigenvalue weighted by molar-refractivity contribution is 5.73. The van der Waals surface area contributed by atoms with Crippen LogP contribution in [0.5, 0.6) is 0 Å². The highest BCUT2D eigenvalue weighted by Crippen LogP contribution is 2.42. The molecule has 5 aliphatic rings. The Kier molecular flexibility index (Phi) is 17.3. The second-order valence-electron chi connectivity index (χ2n) is 20.4. The maximum atomic E-state index is 14.7. The molecule has 1 amide bonds. The molecule has 17 nitrogen and oxygen atoms in total. The minimum atomic E-state index is -1.58. The molecular formula is C46H81N3O14. The van der Waals surface area contributed by atoms with E-state index in [9.17, 15) is 24.6 Å². The number of carbonyl (C=O) groups excluding carboxylic acids is 3. The molecule has 0 aromatic heterocycles. The van der Waals surface area contributed by atoms with Crippen LogP contribution in [0, 0.1) is 17.8 Å². The van der Waals surface area contributed by atoms with Gasteiger partial charge in [-0.3, -0.25) is 9.69 Å². The van der Waals surface area contributed by atoms with Gasteiger partial charge >= 0.3 is 18.2 Å². The standard InChI is InChI=1S/C46H81N3O14/c1-15-33-46(10)38(62-43(53)63-46)29(6)49(13)24-25(2)22-44(8,54)37(60-41-35(50)32(48(11)12)21-26(3)56-41)27(4)36(28(5)40(51)58-33)59-34-23-45(9,55-14)39(30(7)57-34)61-42(52)47-31-19-17-16-18-20-31/h25-39,41,50,54H,15-24H2,1-14H3,(H,47,52)/t25-,26-,27+,28-,29-,30+,32+,33-,34+,35-,36+,37-,38-,39+,41+,44+,45-,46-/m1/s1. The third-order valence-corrected chi connectivity index (χ3v) is 14.8. The summed E-state index contributed by atoms with van der Waals surface area (Å²) in [6.45, 7) is 18.8. The first-order valence-corrected chi connectivity index (χ1v) is 23.5. The molecule has 17 heteroatoms. The molecule has 0 unspecified atom stereocenters. The number of carbonyl (C=O) groups is 3. The summed E-state index contributed by atoms with van der Waals surface area (Å²) in [5, 5.41) is 27.5. The number of rotatable bonds is 9. The molecule has 364 valence electrons. The smallest absolute Gasteiger partial charge is 0.458 e. The Morgan fingerprint density at radius 2 is 1.62 bits per heavy atom. The van der Waals surface area contributed by atoms with E-state index < -0.39 is 102 Å². The fourth-order valence-corrected chi connectivity index (χ4v) is 11.1. The predicted octanol–water partition coefficient (Wildman–Crippen LogP) is 5.15. The summed E-state index contributed by atoms with van der Waals surface area (Å²) in [7, 11) is 7.25. The average Bonchev–Trinajstić information content (AvgIpc) is 3.52. The maximum Gasteiger partial charge on any atom is 0.509 e. The summed E-state index contributed by atoms with van der Waals surface area (Å²) in [6.07, 6.45) is -3.86. The summed E-state index contributed by atoms with van der Waals surface area (Å²) in [4.78, 5) is 44.8. The Balaban J connectivity index is 1.53. The van der Waals surface area contributed by atoms with Crippen molar-refractivity contribution in [3.05, 3.63) is 0 Å². The highest BCUT2D eigenvalue weighted by Gasteiger charge is 2.58. The van der Waals surface area contributed by atoms with E-state index in [1.54, 1.807) is 34.8 Å². The van der Waals surface area contributed by atoms with Crippen LogP contribution < -0.4 is 5.32 Å². The Hall–Kier alpha value is -2.35. The molecule has 5 rings (SSSR count). The SMILES string of the molecule is CC[C@H]1OC(=O)[C@H](C)[C@@H](O[C@H]2C[C@@](C)(OC)[C@@H](OC(=O)NC3CCCCC3)[C@H](C)O2)[C@H](C)[C@@H](O[C@@H]2O[C@H](C)C[C@H](N(C)C)[C@H]2O)[C@@](C)(O)C[C@@H](C)CN(C)[C@H](C)[C@H]2OC(=O)O[C@@]21C. The quantitative estimate of drug-likeness (QED) is 0.203. The molecule has 0 spiro atoms. The number of cyclic esters (lactones) is 1. The lowest BCUT2D eigenvalue weighted by molar-refractivity contribution is -0.317. The van der Waals surface area contributed by atoms with Crippen LogP contribution in [0.4, 0.5) is 9.59 Å². The fourth-order valence-electron chi connectivity index (χ4n) is 11.1. The van der Waals surface area contributed by atoms with Gasteiger partial charge in [-0.25, -0.2) is 9.59 Å². The van der Waals surface area contributed by atoms with E-state index in [1.807, 2.05) is 67.6 Å². The van der Waals surface area contributed by atoms with Crippen molar-refractivity contribution < 1.29 is 67.2 Å². The van der Waals surface area contributed by atoms with Crippen LogP contribution in [0.2, 0.25) is 0 Å². The number of aliphatic hydroxyl groups excluding tert-OH is 1. The number of nitrogens with zero attached hydrogens (tertiary/aromatic N) is 2. The maximum absolute atomic E-state index is 14.7. The van der Waals surface area contributed by atoms with Gasteiger partial charge in [0.1, 0.15) is 17.8 Å². The molecule has 1 aliphatic carbocycles. The highest BCUT2D eigenvalue weighted by atomic mass is 16.8. The van der Waals surface area contributed by atoms with E-state index in [0.29, 0.717) is 19.4 Å². The van der Waals surface area contributed by atoms with E-state index in [1.165, 1.54) is 0 Å². The zero-order valence-electron chi connectivity index (χ0n) is 40.5. The van der Waals surface area contributed by atoms with Gasteiger partial charge in [-0.1, -0.05) is 40.0 Å². The topological polar surface area (TPSA) is 193 Å².